The van der Waals surface area contributed by atoms with Gasteiger partial charge in [-0.15, -0.1) is 0 Å². The average molecular weight is 281 g/mol. The molecule has 0 aliphatic carbocycles. The van der Waals surface area contributed by atoms with Crippen LogP contribution in [0.5, 0.6) is 0 Å². The maximum atomic E-state index is 4.35. The van der Waals surface area contributed by atoms with Gasteiger partial charge < -0.3 is 9.88 Å². The van der Waals surface area contributed by atoms with Gasteiger partial charge in [-0.2, -0.15) is 5.10 Å². The van der Waals surface area contributed by atoms with Crippen LogP contribution in [0.15, 0.2) is 55.4 Å². The predicted octanol–water partition coefficient (Wildman–Crippen LogP) is 3.09. The summed E-state index contributed by atoms with van der Waals surface area (Å²) in [6.45, 7) is 3.88. The van der Waals surface area contributed by atoms with Crippen molar-refractivity contribution in [2.24, 2.45) is 0 Å². The van der Waals surface area contributed by atoms with Crippen LogP contribution in [0.3, 0.4) is 0 Å². The highest BCUT2D eigenvalue weighted by atomic mass is 15.3. The van der Waals surface area contributed by atoms with Crippen molar-refractivity contribution in [3.8, 4) is 5.69 Å². The van der Waals surface area contributed by atoms with Gasteiger partial charge >= 0.3 is 0 Å². The largest absolute Gasteiger partial charge is 0.379 e. The van der Waals surface area contributed by atoms with Gasteiger partial charge in [-0.05, 0) is 18.6 Å². The third-order valence-corrected chi connectivity index (χ3v) is 3.31. The molecule has 0 spiro atoms. The zero-order valence-electron chi connectivity index (χ0n) is 12.1. The molecular weight excluding hydrogens is 262 g/mol. The van der Waals surface area contributed by atoms with Gasteiger partial charge in [0.1, 0.15) is 0 Å². The number of hydrogen-bond acceptors (Lipinski definition) is 3. The molecule has 0 radical (unpaired) electrons. The van der Waals surface area contributed by atoms with Crippen molar-refractivity contribution in [1.29, 1.82) is 0 Å². The summed E-state index contributed by atoms with van der Waals surface area (Å²) in [4.78, 5) is 4.10. The first kappa shape index (κ1) is 13.4. The Morgan fingerprint density at radius 2 is 2.14 bits per heavy atom. The molecule has 0 unspecified atom stereocenters. The molecule has 0 saturated carbocycles. The fourth-order valence-electron chi connectivity index (χ4n) is 2.30. The Morgan fingerprint density at radius 1 is 1.24 bits per heavy atom. The van der Waals surface area contributed by atoms with Crippen LogP contribution in [-0.4, -0.2) is 19.3 Å². The van der Waals surface area contributed by atoms with Crippen LogP contribution in [0.1, 0.15) is 18.9 Å². The SMILES string of the molecule is CCCn1cc(CNc2ccccc2-n2ccnc2)cn1. The van der Waals surface area contributed by atoms with E-state index in [1.807, 2.05) is 33.8 Å². The lowest BCUT2D eigenvalue weighted by Crippen LogP contribution is -2.03. The Balaban J connectivity index is 1.73. The van der Waals surface area contributed by atoms with Crippen LogP contribution in [0.2, 0.25) is 0 Å². The Kier molecular flexibility index (Phi) is 4.00. The van der Waals surface area contributed by atoms with E-state index in [4.69, 9.17) is 0 Å². The van der Waals surface area contributed by atoms with Gasteiger partial charge in [0, 0.05) is 37.2 Å². The Bertz CT molecular complexity index is 684. The number of rotatable bonds is 6. The Hall–Kier alpha value is -2.56. The Morgan fingerprint density at radius 3 is 2.95 bits per heavy atom. The molecule has 1 N–H and O–H groups in total. The monoisotopic (exact) mass is 281 g/mol. The molecule has 5 nitrogen and oxygen atoms in total. The normalized spacial score (nSPS) is 10.7. The van der Waals surface area contributed by atoms with Crippen LogP contribution in [-0.2, 0) is 13.1 Å². The maximum absolute atomic E-state index is 4.35. The molecule has 0 aliphatic heterocycles. The molecule has 108 valence electrons. The maximum Gasteiger partial charge on any atom is 0.0992 e. The minimum absolute atomic E-state index is 0.759. The highest BCUT2D eigenvalue weighted by molar-refractivity contribution is 5.61. The zero-order valence-corrected chi connectivity index (χ0v) is 12.1. The summed E-state index contributed by atoms with van der Waals surface area (Å²) in [5, 5.41) is 7.82. The first-order valence-electron chi connectivity index (χ1n) is 7.19. The number of nitrogens with one attached hydrogen (secondary N) is 1. The van der Waals surface area contributed by atoms with Crippen molar-refractivity contribution < 1.29 is 0 Å². The van der Waals surface area contributed by atoms with Crippen LogP contribution in [0.25, 0.3) is 5.69 Å². The van der Waals surface area contributed by atoms with Gasteiger partial charge in [0.15, 0.2) is 0 Å². The van der Waals surface area contributed by atoms with E-state index in [9.17, 15) is 0 Å². The minimum Gasteiger partial charge on any atom is -0.379 e. The summed E-state index contributed by atoms with van der Waals surface area (Å²) in [6, 6.07) is 8.21. The molecule has 0 atom stereocenters. The first-order valence-corrected chi connectivity index (χ1v) is 7.19. The lowest BCUT2D eigenvalue weighted by molar-refractivity contribution is 0.602. The summed E-state index contributed by atoms with van der Waals surface area (Å²) in [7, 11) is 0. The minimum atomic E-state index is 0.759. The molecule has 0 bridgehead atoms. The van der Waals surface area contributed by atoms with Gasteiger partial charge in [0.05, 0.1) is 23.9 Å². The van der Waals surface area contributed by atoms with Gasteiger partial charge in [-0.25, -0.2) is 4.98 Å². The third kappa shape index (κ3) is 3.13. The van der Waals surface area contributed by atoms with Gasteiger partial charge in [-0.3, -0.25) is 4.68 Å². The molecule has 0 saturated heterocycles. The number of para-hydroxylation sites is 2. The molecular formula is C16H19N5. The Labute approximate surface area is 124 Å². The van der Waals surface area contributed by atoms with Crippen molar-refractivity contribution in [3.05, 3.63) is 60.9 Å². The number of anilines is 1. The predicted molar refractivity (Wildman–Crippen MR) is 83.4 cm³/mol. The summed E-state index contributed by atoms with van der Waals surface area (Å²) in [5.41, 5.74) is 3.36. The number of imidazole rings is 1. The van der Waals surface area contributed by atoms with E-state index in [0.717, 1.165) is 30.9 Å². The second-order valence-corrected chi connectivity index (χ2v) is 4.95. The molecule has 5 heteroatoms. The van der Waals surface area contributed by atoms with Gasteiger partial charge in [0.2, 0.25) is 0 Å². The number of aromatic nitrogens is 4. The highest BCUT2D eigenvalue weighted by Crippen LogP contribution is 2.20. The second kappa shape index (κ2) is 6.26. The van der Waals surface area contributed by atoms with E-state index >= 15 is 0 Å². The number of nitrogens with zero attached hydrogens (tertiary/aromatic N) is 4. The fourth-order valence-corrected chi connectivity index (χ4v) is 2.30. The molecule has 0 aliphatic rings. The van der Waals surface area contributed by atoms with Crippen molar-refractivity contribution in [1.82, 2.24) is 19.3 Å². The third-order valence-electron chi connectivity index (χ3n) is 3.31. The molecule has 0 fully saturated rings. The lowest BCUT2D eigenvalue weighted by Gasteiger charge is -2.11. The summed E-state index contributed by atoms with van der Waals surface area (Å²) >= 11 is 0. The first-order chi connectivity index (χ1) is 10.4. The van der Waals surface area contributed by atoms with Crippen LogP contribution < -0.4 is 5.32 Å². The van der Waals surface area contributed by atoms with E-state index in [2.05, 4.69) is 40.7 Å². The van der Waals surface area contributed by atoms with Crippen LogP contribution in [0, 0.1) is 0 Å². The van der Waals surface area contributed by atoms with Crippen LogP contribution in [0.4, 0.5) is 5.69 Å². The van der Waals surface area contributed by atoms with Crippen molar-refractivity contribution in [2.45, 2.75) is 26.4 Å². The highest BCUT2D eigenvalue weighted by Gasteiger charge is 2.04. The van der Waals surface area contributed by atoms with E-state index in [1.165, 1.54) is 5.56 Å². The molecule has 3 rings (SSSR count). The molecule has 2 heterocycles. The molecule has 0 amide bonds. The van der Waals surface area contributed by atoms with E-state index in [1.54, 1.807) is 12.5 Å². The molecule has 2 aromatic heterocycles. The average Bonchev–Trinajstić information content (AvgIpc) is 3.17. The summed E-state index contributed by atoms with van der Waals surface area (Å²) in [6.07, 6.45) is 10.6. The van der Waals surface area contributed by atoms with Crippen molar-refractivity contribution in [3.63, 3.8) is 0 Å². The molecule has 1 aromatic carbocycles. The van der Waals surface area contributed by atoms with Crippen molar-refractivity contribution in [2.75, 3.05) is 5.32 Å². The smallest absolute Gasteiger partial charge is 0.0992 e. The second-order valence-electron chi connectivity index (χ2n) is 4.95. The number of benzene rings is 1. The van der Waals surface area contributed by atoms with Gasteiger partial charge in [-0.1, -0.05) is 19.1 Å². The van der Waals surface area contributed by atoms with Gasteiger partial charge in [0.25, 0.3) is 0 Å². The molecule has 21 heavy (non-hydrogen) atoms. The molecule has 3 aromatic rings. The number of aryl methyl sites for hydroxylation is 1. The van der Waals surface area contributed by atoms with E-state index in [0.29, 0.717) is 0 Å². The summed E-state index contributed by atoms with van der Waals surface area (Å²) < 4.78 is 3.99. The topological polar surface area (TPSA) is 47.7 Å². The zero-order chi connectivity index (χ0) is 14.5. The standard InChI is InChI=1S/C16H19N5/c1-2-8-21-12-14(11-19-21)10-18-15-5-3-4-6-16(15)20-9-7-17-13-20/h3-7,9,11-13,18H,2,8,10H2,1H3. The quantitative estimate of drug-likeness (QED) is 0.755. The lowest BCUT2D eigenvalue weighted by atomic mass is 10.2. The fraction of sp³-hybridized carbons (Fsp3) is 0.250. The van der Waals surface area contributed by atoms with E-state index in [-0.39, 0.29) is 0 Å². The van der Waals surface area contributed by atoms with Crippen molar-refractivity contribution >= 4 is 5.69 Å². The number of hydrogen-bond donors (Lipinski definition) is 1. The van der Waals surface area contributed by atoms with Crippen LogP contribution >= 0.6 is 0 Å². The van der Waals surface area contributed by atoms with E-state index < -0.39 is 0 Å². The summed E-state index contributed by atoms with van der Waals surface area (Å²) in [5.74, 6) is 0.